The van der Waals surface area contributed by atoms with Gasteiger partial charge >= 0.3 is 5.97 Å². The molecule has 2 aliphatic rings. The number of carboxylic acids is 1. The Morgan fingerprint density at radius 3 is 2.35 bits per heavy atom. The first kappa shape index (κ1) is 12.4. The molecule has 0 saturated heterocycles. The average Bonchev–Trinajstić information content (AvgIpc) is 3.08. The van der Waals surface area contributed by atoms with Gasteiger partial charge in [0.15, 0.2) is 0 Å². The Balaban J connectivity index is 1.93. The molecule has 2 rings (SSSR count). The maximum absolute atomic E-state index is 12.0. The molecule has 17 heavy (non-hydrogen) atoms. The standard InChI is InChI=1S/C12H19NO4/c1-13(9-4-2-3-5-10(9)14)11(15)7-6-8(7)12(16)17/h7-10,14H,2-6H2,1H3,(H,16,17)/t7-,8+,9?,10?/m1/s1. The van der Waals surface area contributed by atoms with Crippen LogP contribution in [0.5, 0.6) is 0 Å². The van der Waals surface area contributed by atoms with Crippen LogP contribution < -0.4 is 0 Å². The number of carboxylic acid groups (broad SMARTS) is 1. The van der Waals surface area contributed by atoms with Gasteiger partial charge in [-0.2, -0.15) is 0 Å². The summed E-state index contributed by atoms with van der Waals surface area (Å²) in [5.74, 6) is -1.89. The van der Waals surface area contributed by atoms with Gasteiger partial charge in [0.25, 0.3) is 0 Å². The number of aliphatic carboxylic acids is 1. The minimum atomic E-state index is -0.888. The van der Waals surface area contributed by atoms with E-state index >= 15 is 0 Å². The summed E-state index contributed by atoms with van der Waals surface area (Å²) >= 11 is 0. The van der Waals surface area contributed by atoms with Gasteiger partial charge in [0.2, 0.25) is 5.91 Å². The third-order valence-corrected chi connectivity index (χ3v) is 3.96. The molecule has 5 heteroatoms. The van der Waals surface area contributed by atoms with Crippen molar-refractivity contribution in [2.45, 2.75) is 44.2 Å². The number of aliphatic hydroxyl groups excluding tert-OH is 1. The van der Waals surface area contributed by atoms with Crippen molar-refractivity contribution in [1.29, 1.82) is 0 Å². The molecule has 5 nitrogen and oxygen atoms in total. The number of likely N-dealkylation sites (N-methyl/N-ethyl adjacent to an activating group) is 1. The molecule has 2 N–H and O–H groups in total. The van der Waals surface area contributed by atoms with E-state index in [0.29, 0.717) is 6.42 Å². The molecular weight excluding hydrogens is 222 g/mol. The van der Waals surface area contributed by atoms with Gasteiger partial charge in [0, 0.05) is 7.05 Å². The fourth-order valence-electron chi connectivity index (χ4n) is 2.71. The van der Waals surface area contributed by atoms with Gasteiger partial charge < -0.3 is 15.1 Å². The molecule has 0 radical (unpaired) electrons. The molecular formula is C12H19NO4. The molecule has 2 fully saturated rings. The molecule has 96 valence electrons. The summed E-state index contributed by atoms with van der Waals surface area (Å²) in [5, 5.41) is 18.7. The topological polar surface area (TPSA) is 77.8 Å². The second kappa shape index (κ2) is 4.64. The normalized spacial score (nSPS) is 36.4. The molecule has 0 aromatic heterocycles. The van der Waals surface area contributed by atoms with E-state index in [9.17, 15) is 14.7 Å². The summed E-state index contributed by atoms with van der Waals surface area (Å²) in [7, 11) is 1.68. The van der Waals surface area contributed by atoms with Crippen molar-refractivity contribution in [1.82, 2.24) is 4.90 Å². The molecule has 1 amide bonds. The van der Waals surface area contributed by atoms with Crippen LogP contribution in [0, 0.1) is 11.8 Å². The third-order valence-electron chi connectivity index (χ3n) is 3.96. The highest BCUT2D eigenvalue weighted by Crippen LogP contribution is 2.40. The van der Waals surface area contributed by atoms with E-state index in [-0.39, 0.29) is 17.9 Å². The van der Waals surface area contributed by atoms with E-state index in [1.54, 1.807) is 11.9 Å². The van der Waals surface area contributed by atoms with Gasteiger partial charge in [-0.3, -0.25) is 9.59 Å². The van der Waals surface area contributed by atoms with E-state index < -0.39 is 18.0 Å². The van der Waals surface area contributed by atoms with Crippen LogP contribution in [0.3, 0.4) is 0 Å². The maximum atomic E-state index is 12.0. The van der Waals surface area contributed by atoms with Crippen molar-refractivity contribution in [3.8, 4) is 0 Å². The molecule has 0 aromatic carbocycles. The zero-order valence-corrected chi connectivity index (χ0v) is 10.0. The summed E-state index contributed by atoms with van der Waals surface area (Å²) < 4.78 is 0. The number of hydrogen-bond acceptors (Lipinski definition) is 3. The van der Waals surface area contributed by atoms with Crippen molar-refractivity contribution < 1.29 is 19.8 Å². The largest absolute Gasteiger partial charge is 0.481 e. The predicted octanol–water partition coefficient (Wildman–Crippen LogP) is 0.469. The van der Waals surface area contributed by atoms with Gasteiger partial charge in [-0.05, 0) is 19.3 Å². The minimum Gasteiger partial charge on any atom is -0.481 e. The summed E-state index contributed by atoms with van der Waals surface area (Å²) in [6.45, 7) is 0. The van der Waals surface area contributed by atoms with E-state index in [2.05, 4.69) is 0 Å². The van der Waals surface area contributed by atoms with E-state index in [1.807, 2.05) is 0 Å². The first-order valence-electron chi connectivity index (χ1n) is 6.20. The molecule has 0 bridgehead atoms. The number of nitrogens with zero attached hydrogens (tertiary/aromatic N) is 1. The van der Waals surface area contributed by atoms with Crippen molar-refractivity contribution in [3.63, 3.8) is 0 Å². The lowest BCUT2D eigenvalue weighted by molar-refractivity contribution is -0.143. The highest BCUT2D eigenvalue weighted by Gasteiger charge is 2.50. The van der Waals surface area contributed by atoms with Gasteiger partial charge in [0.1, 0.15) is 0 Å². The molecule has 4 atom stereocenters. The fourth-order valence-corrected chi connectivity index (χ4v) is 2.71. The molecule has 0 spiro atoms. The Bertz CT molecular complexity index is 330. The first-order chi connectivity index (χ1) is 8.02. The fraction of sp³-hybridized carbons (Fsp3) is 0.833. The zero-order valence-electron chi connectivity index (χ0n) is 10.0. The van der Waals surface area contributed by atoms with Crippen molar-refractivity contribution in [2.75, 3.05) is 7.05 Å². The van der Waals surface area contributed by atoms with Gasteiger partial charge in [-0.15, -0.1) is 0 Å². The number of carbonyl (C=O) groups excluding carboxylic acids is 1. The predicted molar refractivity (Wildman–Crippen MR) is 60.3 cm³/mol. The first-order valence-corrected chi connectivity index (χ1v) is 6.20. The van der Waals surface area contributed by atoms with Crippen LogP contribution in [0.2, 0.25) is 0 Å². The quantitative estimate of drug-likeness (QED) is 0.753. The van der Waals surface area contributed by atoms with Crippen molar-refractivity contribution in [3.05, 3.63) is 0 Å². The van der Waals surface area contributed by atoms with Crippen LogP contribution in [0.15, 0.2) is 0 Å². The second-order valence-electron chi connectivity index (χ2n) is 5.16. The number of hydrogen-bond donors (Lipinski definition) is 2. The second-order valence-corrected chi connectivity index (χ2v) is 5.16. The molecule has 0 aromatic rings. The molecule has 0 heterocycles. The number of aliphatic hydroxyl groups is 1. The minimum absolute atomic E-state index is 0.122. The lowest BCUT2D eigenvalue weighted by atomic mass is 9.91. The molecule has 0 aliphatic heterocycles. The maximum Gasteiger partial charge on any atom is 0.307 e. The summed E-state index contributed by atoms with van der Waals surface area (Å²) in [5.41, 5.74) is 0. The van der Waals surface area contributed by atoms with E-state index in [4.69, 9.17) is 5.11 Å². The average molecular weight is 241 g/mol. The Morgan fingerprint density at radius 1 is 1.18 bits per heavy atom. The van der Waals surface area contributed by atoms with Crippen LogP contribution >= 0.6 is 0 Å². The Labute approximate surface area is 100 Å². The third kappa shape index (κ3) is 2.44. The van der Waals surface area contributed by atoms with Crippen molar-refractivity contribution in [2.24, 2.45) is 11.8 Å². The van der Waals surface area contributed by atoms with Crippen LogP contribution in [0.25, 0.3) is 0 Å². The monoisotopic (exact) mass is 241 g/mol. The van der Waals surface area contributed by atoms with Gasteiger partial charge in [-0.1, -0.05) is 12.8 Å². The van der Waals surface area contributed by atoms with E-state index in [0.717, 1.165) is 25.7 Å². The lowest BCUT2D eigenvalue weighted by Crippen LogP contribution is -2.47. The van der Waals surface area contributed by atoms with Crippen molar-refractivity contribution >= 4 is 11.9 Å². The summed E-state index contributed by atoms with van der Waals surface area (Å²) in [6, 6.07) is -0.133. The summed E-state index contributed by atoms with van der Waals surface area (Å²) in [4.78, 5) is 24.3. The Morgan fingerprint density at radius 2 is 1.82 bits per heavy atom. The molecule has 2 aliphatic carbocycles. The van der Waals surface area contributed by atoms with Crippen LogP contribution in [-0.4, -0.2) is 46.2 Å². The Hall–Kier alpha value is -1.10. The molecule has 2 unspecified atom stereocenters. The van der Waals surface area contributed by atoms with Crippen LogP contribution in [0.1, 0.15) is 32.1 Å². The lowest BCUT2D eigenvalue weighted by Gasteiger charge is -2.35. The zero-order chi connectivity index (χ0) is 12.6. The smallest absolute Gasteiger partial charge is 0.307 e. The highest BCUT2D eigenvalue weighted by atomic mass is 16.4. The number of carbonyl (C=O) groups is 2. The highest BCUT2D eigenvalue weighted by molar-refractivity contribution is 5.89. The summed E-state index contributed by atoms with van der Waals surface area (Å²) in [6.07, 6.45) is 3.55. The SMILES string of the molecule is CN(C(=O)[C@@H]1C[C@@H]1C(=O)O)C1CCCCC1O. The van der Waals surface area contributed by atoms with Crippen LogP contribution in [0.4, 0.5) is 0 Å². The number of rotatable bonds is 3. The van der Waals surface area contributed by atoms with E-state index in [1.165, 1.54) is 0 Å². The molecule has 2 saturated carbocycles. The van der Waals surface area contributed by atoms with Gasteiger partial charge in [0.05, 0.1) is 24.0 Å². The van der Waals surface area contributed by atoms with Crippen LogP contribution in [-0.2, 0) is 9.59 Å². The van der Waals surface area contributed by atoms with Gasteiger partial charge in [-0.25, -0.2) is 0 Å². The Kier molecular flexibility index (Phi) is 3.38. The number of amides is 1.